The second-order valence-corrected chi connectivity index (χ2v) is 6.35. The van der Waals surface area contributed by atoms with Gasteiger partial charge in [0, 0.05) is 12.6 Å². The van der Waals surface area contributed by atoms with Crippen LogP contribution in [0.4, 0.5) is 0 Å². The van der Waals surface area contributed by atoms with Crippen LogP contribution in [0.5, 0.6) is 0 Å². The van der Waals surface area contributed by atoms with E-state index in [1.165, 1.54) is 5.56 Å². The molecule has 0 fully saturated rings. The first-order chi connectivity index (χ1) is 11.5. The first-order valence-corrected chi connectivity index (χ1v) is 8.25. The minimum Gasteiger partial charge on any atom is -0.388 e. The summed E-state index contributed by atoms with van der Waals surface area (Å²) in [5.41, 5.74) is 1.95. The third-order valence-corrected chi connectivity index (χ3v) is 3.84. The topological polar surface area (TPSA) is 52.6 Å². The number of nitrogens with zero attached hydrogens (tertiary/aromatic N) is 1. The first-order valence-electron chi connectivity index (χ1n) is 8.25. The van der Waals surface area contributed by atoms with Crippen molar-refractivity contribution in [1.29, 1.82) is 0 Å². The van der Waals surface area contributed by atoms with Crippen LogP contribution in [0.25, 0.3) is 0 Å². The largest absolute Gasteiger partial charge is 0.388 e. The number of nitrogens with one attached hydrogen (secondary N) is 1. The number of hydrogen-bond acceptors (Lipinski definition) is 3. The van der Waals surface area contributed by atoms with Gasteiger partial charge in [0.2, 0.25) is 5.91 Å². The SMILES string of the molecule is CN(C)CC(Cc1ccccc1)NC(=O)CC(O)c1ccccc1. The summed E-state index contributed by atoms with van der Waals surface area (Å²) in [7, 11) is 3.98. The van der Waals surface area contributed by atoms with Crippen LogP contribution >= 0.6 is 0 Å². The summed E-state index contributed by atoms with van der Waals surface area (Å²) >= 11 is 0. The molecule has 0 aliphatic rings. The molecule has 2 aromatic rings. The predicted molar refractivity (Wildman–Crippen MR) is 96.6 cm³/mol. The minimum absolute atomic E-state index is 0.0119. The maximum Gasteiger partial charge on any atom is 0.223 e. The average Bonchev–Trinajstić information content (AvgIpc) is 2.55. The maximum atomic E-state index is 12.3. The Hall–Kier alpha value is -2.17. The quantitative estimate of drug-likeness (QED) is 0.783. The number of carbonyl (C=O) groups excluding carboxylic acids is 1. The molecule has 0 aliphatic heterocycles. The highest BCUT2D eigenvalue weighted by atomic mass is 16.3. The van der Waals surface area contributed by atoms with E-state index >= 15 is 0 Å². The van der Waals surface area contributed by atoms with Crippen molar-refractivity contribution in [2.24, 2.45) is 0 Å². The summed E-state index contributed by atoms with van der Waals surface area (Å²) in [6.07, 6.45) is 0.0671. The highest BCUT2D eigenvalue weighted by Gasteiger charge is 2.17. The van der Waals surface area contributed by atoms with Gasteiger partial charge < -0.3 is 15.3 Å². The van der Waals surface area contributed by atoms with Gasteiger partial charge in [-0.25, -0.2) is 0 Å². The lowest BCUT2D eigenvalue weighted by atomic mass is 10.0. The van der Waals surface area contributed by atoms with E-state index < -0.39 is 6.10 Å². The van der Waals surface area contributed by atoms with Gasteiger partial charge in [-0.1, -0.05) is 60.7 Å². The van der Waals surface area contributed by atoms with Crippen LogP contribution in [0.1, 0.15) is 23.7 Å². The standard InChI is InChI=1S/C20H26N2O2/c1-22(2)15-18(13-16-9-5-3-6-10-16)21-20(24)14-19(23)17-11-7-4-8-12-17/h3-12,18-19,23H,13-15H2,1-2H3,(H,21,24). The fourth-order valence-electron chi connectivity index (χ4n) is 2.76. The van der Waals surface area contributed by atoms with Crippen LogP contribution in [0, 0.1) is 0 Å². The molecule has 4 nitrogen and oxygen atoms in total. The van der Waals surface area contributed by atoms with Gasteiger partial charge in [-0.3, -0.25) is 4.79 Å². The van der Waals surface area contributed by atoms with Crippen molar-refractivity contribution in [2.45, 2.75) is 25.0 Å². The van der Waals surface area contributed by atoms with E-state index in [0.717, 1.165) is 18.5 Å². The van der Waals surface area contributed by atoms with E-state index in [1.807, 2.05) is 62.6 Å². The van der Waals surface area contributed by atoms with Crippen LogP contribution in [0.2, 0.25) is 0 Å². The van der Waals surface area contributed by atoms with Crippen molar-refractivity contribution >= 4 is 5.91 Å². The molecule has 4 heteroatoms. The number of likely N-dealkylation sites (N-methyl/N-ethyl adjacent to an activating group) is 1. The van der Waals surface area contributed by atoms with Crippen LogP contribution in [-0.4, -0.2) is 42.6 Å². The van der Waals surface area contributed by atoms with E-state index in [9.17, 15) is 9.90 Å². The number of benzene rings is 2. The Labute approximate surface area is 144 Å². The Morgan fingerprint density at radius 1 is 1.04 bits per heavy atom. The lowest BCUT2D eigenvalue weighted by molar-refractivity contribution is -0.123. The van der Waals surface area contributed by atoms with E-state index in [4.69, 9.17) is 0 Å². The zero-order valence-electron chi connectivity index (χ0n) is 14.4. The number of aliphatic hydroxyl groups excluding tert-OH is 1. The summed E-state index contributed by atoms with van der Waals surface area (Å²) in [5, 5.41) is 13.3. The minimum atomic E-state index is -0.775. The highest BCUT2D eigenvalue weighted by Crippen LogP contribution is 2.16. The Morgan fingerprint density at radius 3 is 2.21 bits per heavy atom. The van der Waals surface area contributed by atoms with Gasteiger partial charge in [-0.15, -0.1) is 0 Å². The summed E-state index contributed by atoms with van der Waals surface area (Å²) in [6.45, 7) is 0.752. The zero-order chi connectivity index (χ0) is 17.4. The average molecular weight is 326 g/mol. The summed E-state index contributed by atoms with van der Waals surface area (Å²) in [4.78, 5) is 14.4. The van der Waals surface area contributed by atoms with Gasteiger partial charge in [-0.05, 0) is 31.6 Å². The van der Waals surface area contributed by atoms with Crippen molar-refractivity contribution in [3.05, 3.63) is 71.8 Å². The molecule has 0 saturated heterocycles. The summed E-state index contributed by atoms with van der Waals surface area (Å²) < 4.78 is 0. The van der Waals surface area contributed by atoms with Gasteiger partial charge in [-0.2, -0.15) is 0 Å². The predicted octanol–water partition coefficient (Wildman–Crippen LogP) is 2.40. The molecule has 0 radical (unpaired) electrons. The van der Waals surface area contributed by atoms with Crippen molar-refractivity contribution in [3.63, 3.8) is 0 Å². The molecule has 128 valence electrons. The van der Waals surface area contributed by atoms with E-state index in [0.29, 0.717) is 0 Å². The molecule has 2 atom stereocenters. The zero-order valence-corrected chi connectivity index (χ0v) is 14.4. The number of aliphatic hydroxyl groups is 1. The van der Waals surface area contributed by atoms with Crippen LogP contribution < -0.4 is 5.32 Å². The molecule has 1 amide bonds. The van der Waals surface area contributed by atoms with Crippen molar-refractivity contribution < 1.29 is 9.90 Å². The Kier molecular flexibility index (Phi) is 6.97. The molecular weight excluding hydrogens is 300 g/mol. The van der Waals surface area contributed by atoms with Crippen molar-refractivity contribution in [3.8, 4) is 0 Å². The Balaban J connectivity index is 1.94. The second kappa shape index (κ2) is 9.21. The lowest BCUT2D eigenvalue weighted by Crippen LogP contribution is -2.43. The van der Waals surface area contributed by atoms with Gasteiger partial charge in [0.25, 0.3) is 0 Å². The van der Waals surface area contributed by atoms with Gasteiger partial charge in [0.1, 0.15) is 0 Å². The smallest absolute Gasteiger partial charge is 0.223 e. The fraction of sp³-hybridized carbons (Fsp3) is 0.350. The Morgan fingerprint density at radius 2 is 1.62 bits per heavy atom. The first kappa shape index (κ1) is 18.2. The molecule has 0 heterocycles. The molecular formula is C20H26N2O2. The Bertz CT molecular complexity index is 614. The second-order valence-electron chi connectivity index (χ2n) is 6.35. The van der Waals surface area contributed by atoms with Crippen LogP contribution in [0.3, 0.4) is 0 Å². The number of rotatable bonds is 8. The molecule has 0 saturated carbocycles. The van der Waals surface area contributed by atoms with E-state index in [2.05, 4.69) is 22.3 Å². The number of hydrogen-bond donors (Lipinski definition) is 2. The molecule has 0 aliphatic carbocycles. The van der Waals surface area contributed by atoms with Gasteiger partial charge in [0.15, 0.2) is 0 Å². The molecule has 2 unspecified atom stereocenters. The van der Waals surface area contributed by atoms with E-state index in [-0.39, 0.29) is 18.4 Å². The normalized spacial score (nSPS) is 13.5. The van der Waals surface area contributed by atoms with Gasteiger partial charge in [0.05, 0.1) is 12.5 Å². The van der Waals surface area contributed by atoms with E-state index in [1.54, 1.807) is 0 Å². The molecule has 2 rings (SSSR count). The molecule has 0 aromatic heterocycles. The van der Waals surface area contributed by atoms with Crippen LogP contribution in [0.15, 0.2) is 60.7 Å². The fourth-order valence-corrected chi connectivity index (χ4v) is 2.76. The molecule has 0 spiro atoms. The third kappa shape index (κ3) is 6.14. The molecule has 24 heavy (non-hydrogen) atoms. The van der Waals surface area contributed by atoms with Crippen molar-refractivity contribution in [1.82, 2.24) is 10.2 Å². The lowest BCUT2D eigenvalue weighted by Gasteiger charge is -2.23. The number of amides is 1. The monoisotopic (exact) mass is 326 g/mol. The number of carbonyl (C=O) groups is 1. The summed E-state index contributed by atoms with van der Waals surface area (Å²) in [5.74, 6) is -0.130. The van der Waals surface area contributed by atoms with Crippen LogP contribution in [-0.2, 0) is 11.2 Å². The summed E-state index contributed by atoms with van der Waals surface area (Å²) in [6, 6.07) is 19.4. The van der Waals surface area contributed by atoms with Crippen molar-refractivity contribution in [2.75, 3.05) is 20.6 Å². The third-order valence-electron chi connectivity index (χ3n) is 3.84. The maximum absolute atomic E-state index is 12.3. The highest BCUT2D eigenvalue weighted by molar-refractivity contribution is 5.77. The van der Waals surface area contributed by atoms with Gasteiger partial charge >= 0.3 is 0 Å². The molecule has 2 N–H and O–H groups in total. The molecule has 2 aromatic carbocycles. The molecule has 0 bridgehead atoms.